The van der Waals surface area contributed by atoms with Crippen LogP contribution in [0.1, 0.15) is 45.1 Å². The molecule has 0 spiro atoms. The van der Waals surface area contributed by atoms with Crippen molar-refractivity contribution in [1.82, 2.24) is 9.88 Å². The highest BCUT2D eigenvalue weighted by atomic mass is 14.9. The molecular formula is C14H24N2. The predicted octanol–water partition coefficient (Wildman–Crippen LogP) is 3.08. The molecule has 0 atom stereocenters. The van der Waals surface area contributed by atoms with Gasteiger partial charge in [0.1, 0.15) is 0 Å². The van der Waals surface area contributed by atoms with Gasteiger partial charge in [0.15, 0.2) is 0 Å². The molecule has 0 amide bonds. The summed E-state index contributed by atoms with van der Waals surface area (Å²) in [5.41, 5.74) is 1.97. The molecule has 1 aromatic heterocycles. The molecule has 1 saturated carbocycles. The van der Waals surface area contributed by atoms with Gasteiger partial charge in [-0.15, -0.1) is 0 Å². The molecule has 2 rings (SSSR count). The maximum atomic E-state index is 3.68. The van der Waals surface area contributed by atoms with Gasteiger partial charge >= 0.3 is 0 Å². The lowest BCUT2D eigenvalue weighted by molar-refractivity contribution is 0.206. The summed E-state index contributed by atoms with van der Waals surface area (Å²) in [6, 6.07) is 2.92. The van der Waals surface area contributed by atoms with E-state index < -0.39 is 0 Å². The lowest BCUT2D eigenvalue weighted by atomic mass is 9.75. The van der Waals surface area contributed by atoms with Crippen molar-refractivity contribution < 1.29 is 0 Å². The van der Waals surface area contributed by atoms with Crippen molar-refractivity contribution in [1.29, 1.82) is 0 Å². The minimum Gasteiger partial charge on any atom is -0.357 e. The molecule has 1 aromatic rings. The van der Waals surface area contributed by atoms with Gasteiger partial charge in [-0.25, -0.2) is 0 Å². The minimum atomic E-state index is 0.574. The maximum absolute atomic E-state index is 3.68. The van der Waals surface area contributed by atoms with Crippen LogP contribution < -0.4 is 5.32 Å². The Morgan fingerprint density at radius 1 is 1.38 bits per heavy atom. The quantitative estimate of drug-likeness (QED) is 0.828. The van der Waals surface area contributed by atoms with Crippen molar-refractivity contribution in [2.45, 2.75) is 52.1 Å². The molecule has 1 fully saturated rings. The summed E-state index contributed by atoms with van der Waals surface area (Å²) < 4.78 is 2.11. The molecule has 0 aromatic carbocycles. The van der Waals surface area contributed by atoms with Crippen molar-refractivity contribution in [2.75, 3.05) is 0 Å². The second-order valence-electron chi connectivity index (χ2n) is 6.00. The van der Waals surface area contributed by atoms with Crippen LogP contribution in [-0.2, 0) is 13.6 Å². The average Bonchev–Trinajstić information content (AvgIpc) is 2.63. The van der Waals surface area contributed by atoms with Crippen molar-refractivity contribution in [3.8, 4) is 0 Å². The summed E-state index contributed by atoms with van der Waals surface area (Å²) in [5, 5.41) is 3.68. The highest BCUT2D eigenvalue weighted by Crippen LogP contribution is 2.34. The molecule has 1 aliphatic rings. The second-order valence-corrected chi connectivity index (χ2v) is 6.00. The van der Waals surface area contributed by atoms with E-state index in [2.05, 4.69) is 49.2 Å². The van der Waals surface area contributed by atoms with Crippen LogP contribution in [0.25, 0.3) is 0 Å². The van der Waals surface area contributed by atoms with Gasteiger partial charge in [-0.2, -0.15) is 0 Å². The molecule has 0 saturated heterocycles. The van der Waals surface area contributed by atoms with Crippen LogP contribution in [0.4, 0.5) is 0 Å². The summed E-state index contributed by atoms with van der Waals surface area (Å²) in [4.78, 5) is 0. The lowest BCUT2D eigenvalue weighted by Gasteiger charge is -2.34. The van der Waals surface area contributed by atoms with Crippen LogP contribution in [-0.4, -0.2) is 10.6 Å². The molecule has 0 bridgehead atoms. The molecule has 0 aliphatic heterocycles. The first-order chi connectivity index (χ1) is 7.55. The first-order valence-corrected chi connectivity index (χ1v) is 6.39. The Labute approximate surface area is 99.0 Å². The van der Waals surface area contributed by atoms with Gasteiger partial charge in [-0.3, -0.25) is 0 Å². The Kier molecular flexibility index (Phi) is 3.38. The minimum absolute atomic E-state index is 0.574. The molecule has 2 heteroatoms. The first-order valence-electron chi connectivity index (χ1n) is 6.39. The van der Waals surface area contributed by atoms with Crippen LogP contribution in [0.15, 0.2) is 18.5 Å². The summed E-state index contributed by atoms with van der Waals surface area (Å²) in [6.07, 6.45) is 9.69. The summed E-state index contributed by atoms with van der Waals surface area (Å²) in [5.74, 6) is 0. The van der Waals surface area contributed by atoms with Crippen LogP contribution in [0.2, 0.25) is 0 Å². The van der Waals surface area contributed by atoms with E-state index in [0.29, 0.717) is 5.41 Å². The van der Waals surface area contributed by atoms with Gasteiger partial charge in [0.25, 0.3) is 0 Å². The monoisotopic (exact) mass is 220 g/mol. The van der Waals surface area contributed by atoms with E-state index in [1.165, 1.54) is 31.2 Å². The van der Waals surface area contributed by atoms with Crippen LogP contribution in [0.5, 0.6) is 0 Å². The van der Waals surface area contributed by atoms with E-state index in [9.17, 15) is 0 Å². The van der Waals surface area contributed by atoms with Gasteiger partial charge < -0.3 is 9.88 Å². The fourth-order valence-corrected chi connectivity index (χ4v) is 2.53. The summed E-state index contributed by atoms with van der Waals surface area (Å²) in [7, 11) is 2.08. The number of nitrogens with zero attached hydrogens (tertiary/aromatic N) is 1. The number of hydrogen-bond acceptors (Lipinski definition) is 1. The topological polar surface area (TPSA) is 17.0 Å². The third-order valence-electron chi connectivity index (χ3n) is 3.83. The maximum Gasteiger partial charge on any atom is 0.0223 e. The Morgan fingerprint density at radius 2 is 2.06 bits per heavy atom. The molecule has 1 aliphatic carbocycles. The average molecular weight is 220 g/mol. The van der Waals surface area contributed by atoms with E-state index in [-0.39, 0.29) is 0 Å². The van der Waals surface area contributed by atoms with E-state index in [1.54, 1.807) is 0 Å². The van der Waals surface area contributed by atoms with Crippen molar-refractivity contribution in [3.05, 3.63) is 24.0 Å². The summed E-state index contributed by atoms with van der Waals surface area (Å²) >= 11 is 0. The van der Waals surface area contributed by atoms with Gasteiger partial charge in [0.05, 0.1) is 0 Å². The highest BCUT2D eigenvalue weighted by molar-refractivity contribution is 5.09. The van der Waals surface area contributed by atoms with E-state index in [1.807, 2.05) is 0 Å². The Morgan fingerprint density at radius 3 is 2.62 bits per heavy atom. The van der Waals surface area contributed by atoms with Gasteiger partial charge in [-0.05, 0) is 42.7 Å². The van der Waals surface area contributed by atoms with E-state index >= 15 is 0 Å². The van der Waals surface area contributed by atoms with Gasteiger partial charge in [0, 0.05) is 32.0 Å². The second kappa shape index (κ2) is 4.62. The molecule has 2 nitrogen and oxygen atoms in total. The fraction of sp³-hybridized carbons (Fsp3) is 0.714. The van der Waals surface area contributed by atoms with E-state index in [0.717, 1.165) is 12.6 Å². The first kappa shape index (κ1) is 11.7. The molecule has 1 heterocycles. The highest BCUT2D eigenvalue weighted by Gasteiger charge is 2.26. The molecule has 90 valence electrons. The molecule has 1 N–H and O–H groups in total. The Balaban J connectivity index is 1.75. The fourth-order valence-electron chi connectivity index (χ4n) is 2.53. The zero-order valence-corrected chi connectivity index (χ0v) is 10.8. The number of rotatable bonds is 3. The number of aromatic nitrogens is 1. The molecular weight excluding hydrogens is 196 g/mol. The molecule has 16 heavy (non-hydrogen) atoms. The predicted molar refractivity (Wildman–Crippen MR) is 68.3 cm³/mol. The molecule has 0 radical (unpaired) electrons. The van der Waals surface area contributed by atoms with Crippen LogP contribution in [0.3, 0.4) is 0 Å². The van der Waals surface area contributed by atoms with Gasteiger partial charge in [0.2, 0.25) is 0 Å². The zero-order chi connectivity index (χ0) is 11.6. The Hall–Kier alpha value is -0.760. The normalized spacial score (nSPS) is 21.2. The zero-order valence-electron chi connectivity index (χ0n) is 10.8. The summed E-state index contributed by atoms with van der Waals surface area (Å²) in [6.45, 7) is 5.80. The number of aryl methyl sites for hydroxylation is 1. The third kappa shape index (κ3) is 3.11. The van der Waals surface area contributed by atoms with Gasteiger partial charge in [-0.1, -0.05) is 13.8 Å². The van der Waals surface area contributed by atoms with Crippen molar-refractivity contribution in [3.63, 3.8) is 0 Å². The van der Waals surface area contributed by atoms with Crippen molar-refractivity contribution >= 4 is 0 Å². The lowest BCUT2D eigenvalue weighted by Crippen LogP contribution is -2.35. The standard InChI is InChI=1S/C14H24N2/c1-14(2)7-4-13(5-8-14)15-10-12-6-9-16(3)11-12/h6,9,11,13,15H,4-5,7-8,10H2,1-3H3. The van der Waals surface area contributed by atoms with Crippen LogP contribution in [0, 0.1) is 5.41 Å². The largest absolute Gasteiger partial charge is 0.357 e. The van der Waals surface area contributed by atoms with Crippen LogP contribution >= 0.6 is 0 Å². The third-order valence-corrected chi connectivity index (χ3v) is 3.83. The SMILES string of the molecule is Cn1ccc(CNC2CCC(C)(C)CC2)c1. The van der Waals surface area contributed by atoms with E-state index in [4.69, 9.17) is 0 Å². The molecule has 0 unspecified atom stereocenters. The number of nitrogens with one attached hydrogen (secondary N) is 1. The smallest absolute Gasteiger partial charge is 0.0223 e. The number of hydrogen-bond donors (Lipinski definition) is 1. The Bertz CT molecular complexity index is 328. The van der Waals surface area contributed by atoms with Crippen molar-refractivity contribution in [2.24, 2.45) is 12.5 Å².